The third-order valence-corrected chi connectivity index (χ3v) is 4.23. The quantitative estimate of drug-likeness (QED) is 0.906. The highest BCUT2D eigenvalue weighted by Crippen LogP contribution is 2.30. The van der Waals surface area contributed by atoms with Gasteiger partial charge in [0.15, 0.2) is 0 Å². The van der Waals surface area contributed by atoms with Gasteiger partial charge in [0.25, 0.3) is 0 Å². The number of rotatable bonds is 3. The minimum atomic E-state index is -0.841. The Balaban J connectivity index is 1.78. The number of piperidine rings is 1. The summed E-state index contributed by atoms with van der Waals surface area (Å²) in [6.07, 6.45) is 0.270. The number of carboxylic acids is 1. The Morgan fingerprint density at radius 1 is 1.19 bits per heavy atom. The van der Waals surface area contributed by atoms with Crippen LogP contribution >= 0.6 is 0 Å². The van der Waals surface area contributed by atoms with E-state index in [-0.39, 0.29) is 12.5 Å². The smallest absolute Gasteiger partial charge is 0.317 e. The van der Waals surface area contributed by atoms with Crippen LogP contribution < -0.4 is 0 Å². The number of hydrogen-bond acceptors (Lipinski definition) is 3. The summed E-state index contributed by atoms with van der Waals surface area (Å²) >= 11 is 0. The molecule has 0 saturated carbocycles. The highest BCUT2D eigenvalue weighted by Gasteiger charge is 2.29. The molecule has 2 N–H and O–H groups in total. The lowest BCUT2D eigenvalue weighted by Crippen LogP contribution is -2.44. The van der Waals surface area contributed by atoms with Crippen molar-refractivity contribution in [1.82, 2.24) is 4.90 Å². The number of aliphatic hydroxyl groups excluding tert-OH is 1. The summed E-state index contributed by atoms with van der Waals surface area (Å²) in [5, 5.41) is 21.5. The Labute approximate surface area is 123 Å². The molecule has 2 atom stereocenters. The number of carbonyl (C=O) groups is 1. The van der Waals surface area contributed by atoms with Gasteiger partial charge in [0.2, 0.25) is 0 Å². The molecule has 0 aliphatic carbocycles. The fourth-order valence-corrected chi connectivity index (χ4v) is 3.16. The Hall–Kier alpha value is -1.91. The van der Waals surface area contributed by atoms with Crippen LogP contribution in [0.25, 0.3) is 10.8 Å². The molecule has 2 aromatic carbocycles. The molecule has 0 radical (unpaired) electrons. The molecular weight excluding hydrogens is 266 g/mol. The molecule has 0 unspecified atom stereocenters. The fraction of sp³-hybridized carbons (Fsp3) is 0.353. The summed E-state index contributed by atoms with van der Waals surface area (Å²) in [6, 6.07) is 14.5. The molecule has 1 aliphatic rings. The molecule has 21 heavy (non-hydrogen) atoms. The molecule has 0 aromatic heterocycles. The van der Waals surface area contributed by atoms with Crippen LogP contribution in [0.5, 0.6) is 0 Å². The Kier molecular flexibility index (Phi) is 3.90. The first-order valence-electron chi connectivity index (χ1n) is 7.24. The van der Waals surface area contributed by atoms with Crippen molar-refractivity contribution in [2.24, 2.45) is 0 Å². The van der Waals surface area contributed by atoms with Gasteiger partial charge in [-0.05, 0) is 29.3 Å². The van der Waals surface area contributed by atoms with Crippen molar-refractivity contribution < 1.29 is 15.0 Å². The zero-order chi connectivity index (χ0) is 14.8. The van der Waals surface area contributed by atoms with Crippen LogP contribution in [0.3, 0.4) is 0 Å². The molecule has 1 aliphatic heterocycles. The third kappa shape index (κ3) is 3.06. The number of benzene rings is 2. The van der Waals surface area contributed by atoms with Crippen LogP contribution in [-0.2, 0) is 4.79 Å². The monoisotopic (exact) mass is 285 g/mol. The van der Waals surface area contributed by atoms with Gasteiger partial charge in [-0.15, -0.1) is 0 Å². The first-order valence-corrected chi connectivity index (χ1v) is 7.24. The summed E-state index contributed by atoms with van der Waals surface area (Å²) in [5.41, 5.74) is 1.14. The summed E-state index contributed by atoms with van der Waals surface area (Å²) < 4.78 is 0. The summed E-state index contributed by atoms with van der Waals surface area (Å²) in [7, 11) is 0. The van der Waals surface area contributed by atoms with Crippen LogP contribution in [0.2, 0.25) is 0 Å². The molecule has 1 fully saturated rings. The minimum Gasteiger partial charge on any atom is -0.480 e. The van der Waals surface area contributed by atoms with Gasteiger partial charge in [0.05, 0.1) is 12.6 Å². The Morgan fingerprint density at radius 2 is 1.95 bits per heavy atom. The average molecular weight is 285 g/mol. The van der Waals surface area contributed by atoms with E-state index in [1.54, 1.807) is 4.90 Å². The molecule has 4 heteroatoms. The van der Waals surface area contributed by atoms with Gasteiger partial charge in [-0.1, -0.05) is 42.5 Å². The predicted molar refractivity (Wildman–Crippen MR) is 81.4 cm³/mol. The summed E-state index contributed by atoms with van der Waals surface area (Å²) in [6.45, 7) is 1.13. The Morgan fingerprint density at radius 3 is 2.67 bits per heavy atom. The van der Waals surface area contributed by atoms with E-state index >= 15 is 0 Å². The summed E-state index contributed by atoms with van der Waals surface area (Å²) in [5.74, 6) is -0.758. The topological polar surface area (TPSA) is 60.8 Å². The van der Waals surface area contributed by atoms with Gasteiger partial charge < -0.3 is 10.2 Å². The van der Waals surface area contributed by atoms with E-state index < -0.39 is 12.1 Å². The summed E-state index contributed by atoms with van der Waals surface area (Å²) in [4.78, 5) is 12.5. The van der Waals surface area contributed by atoms with Crippen LogP contribution in [0.1, 0.15) is 17.9 Å². The van der Waals surface area contributed by atoms with Crippen molar-refractivity contribution in [2.75, 3.05) is 19.6 Å². The maximum Gasteiger partial charge on any atom is 0.317 e. The molecule has 3 rings (SSSR count). The van der Waals surface area contributed by atoms with Gasteiger partial charge in [0.1, 0.15) is 0 Å². The molecule has 2 aromatic rings. The lowest BCUT2D eigenvalue weighted by atomic mass is 9.86. The second-order valence-corrected chi connectivity index (χ2v) is 5.70. The van der Waals surface area contributed by atoms with Crippen LogP contribution in [0, 0.1) is 0 Å². The normalized spacial score (nSPS) is 23.3. The van der Waals surface area contributed by atoms with Crippen molar-refractivity contribution in [2.45, 2.75) is 18.4 Å². The van der Waals surface area contributed by atoms with E-state index in [1.807, 2.05) is 12.1 Å². The number of carboxylic acid groups (broad SMARTS) is 1. The van der Waals surface area contributed by atoms with E-state index in [9.17, 15) is 9.90 Å². The molecule has 110 valence electrons. The van der Waals surface area contributed by atoms with Gasteiger partial charge in [-0.2, -0.15) is 0 Å². The van der Waals surface area contributed by atoms with Gasteiger partial charge >= 0.3 is 5.97 Å². The van der Waals surface area contributed by atoms with E-state index in [4.69, 9.17) is 5.11 Å². The van der Waals surface area contributed by atoms with Crippen molar-refractivity contribution in [3.63, 3.8) is 0 Å². The predicted octanol–water partition coefficient (Wildman–Crippen LogP) is 2.07. The lowest BCUT2D eigenvalue weighted by Gasteiger charge is -2.35. The van der Waals surface area contributed by atoms with Gasteiger partial charge in [0, 0.05) is 12.5 Å². The second kappa shape index (κ2) is 5.84. The van der Waals surface area contributed by atoms with E-state index in [2.05, 4.69) is 30.3 Å². The van der Waals surface area contributed by atoms with Crippen LogP contribution in [0.4, 0.5) is 0 Å². The van der Waals surface area contributed by atoms with E-state index in [0.717, 1.165) is 12.0 Å². The maximum atomic E-state index is 10.7. The van der Waals surface area contributed by atoms with E-state index in [1.165, 1.54) is 10.8 Å². The van der Waals surface area contributed by atoms with Crippen molar-refractivity contribution in [1.29, 1.82) is 0 Å². The third-order valence-electron chi connectivity index (χ3n) is 4.23. The van der Waals surface area contributed by atoms with Crippen molar-refractivity contribution >= 4 is 16.7 Å². The number of aliphatic carboxylic acids is 1. The lowest BCUT2D eigenvalue weighted by molar-refractivity contribution is -0.139. The SMILES string of the molecule is O=C(O)CN1CC[C@@H](c2ccc3ccccc3c2)[C@H](O)C1. The van der Waals surface area contributed by atoms with Crippen LogP contribution in [0.15, 0.2) is 42.5 Å². The molecule has 4 nitrogen and oxygen atoms in total. The number of fused-ring (bicyclic) bond motifs is 1. The number of likely N-dealkylation sites (tertiary alicyclic amines) is 1. The fourth-order valence-electron chi connectivity index (χ4n) is 3.16. The molecule has 0 spiro atoms. The zero-order valence-corrected chi connectivity index (χ0v) is 11.8. The molecule has 0 amide bonds. The minimum absolute atomic E-state index is 0.00149. The maximum absolute atomic E-state index is 10.7. The molecule has 1 saturated heterocycles. The highest BCUT2D eigenvalue weighted by molar-refractivity contribution is 5.83. The molecular formula is C17H19NO3. The molecule has 0 bridgehead atoms. The van der Waals surface area contributed by atoms with Crippen molar-refractivity contribution in [3.8, 4) is 0 Å². The van der Waals surface area contributed by atoms with E-state index in [0.29, 0.717) is 13.1 Å². The number of hydrogen-bond donors (Lipinski definition) is 2. The van der Waals surface area contributed by atoms with Crippen LogP contribution in [-0.4, -0.2) is 46.8 Å². The number of aliphatic hydroxyl groups is 1. The first kappa shape index (κ1) is 14.0. The first-order chi connectivity index (χ1) is 10.1. The number of β-amino-alcohol motifs (C(OH)–C–C–N with tert-alkyl or cyclic N) is 1. The average Bonchev–Trinajstić information content (AvgIpc) is 2.46. The zero-order valence-electron chi connectivity index (χ0n) is 11.8. The highest BCUT2D eigenvalue weighted by atomic mass is 16.4. The van der Waals surface area contributed by atoms with Gasteiger partial charge in [-0.3, -0.25) is 9.69 Å². The number of nitrogens with zero attached hydrogens (tertiary/aromatic N) is 1. The molecule has 1 heterocycles. The largest absolute Gasteiger partial charge is 0.480 e. The Bertz CT molecular complexity index is 655. The standard InChI is InChI=1S/C17H19NO3/c19-16-10-18(11-17(20)21)8-7-15(16)14-6-5-12-3-1-2-4-13(12)9-14/h1-6,9,15-16,19H,7-8,10-11H2,(H,20,21)/t15-,16+/m0/s1. The van der Waals surface area contributed by atoms with Crippen molar-refractivity contribution in [3.05, 3.63) is 48.0 Å². The van der Waals surface area contributed by atoms with Gasteiger partial charge in [-0.25, -0.2) is 0 Å². The second-order valence-electron chi connectivity index (χ2n) is 5.70.